The third-order valence-electron chi connectivity index (χ3n) is 7.57. The molecule has 7 nitrogen and oxygen atoms in total. The highest BCUT2D eigenvalue weighted by atomic mass is 32.2. The molecule has 3 heterocycles. The fourth-order valence-corrected chi connectivity index (χ4v) is 6.93. The van der Waals surface area contributed by atoms with Crippen LogP contribution in [-0.4, -0.2) is 61.7 Å². The van der Waals surface area contributed by atoms with E-state index in [9.17, 15) is 18.0 Å². The maximum Gasteiger partial charge on any atom is 0.243 e. The van der Waals surface area contributed by atoms with E-state index in [4.69, 9.17) is 0 Å². The van der Waals surface area contributed by atoms with Gasteiger partial charge in [0.15, 0.2) is 0 Å². The minimum absolute atomic E-state index is 0.0121. The van der Waals surface area contributed by atoms with Crippen LogP contribution in [0.5, 0.6) is 0 Å². The standard InChI is InChI=1S/C25H37N3O4S/c1-3-21-8-4-5-14-27(21)25(30)18-28-23-11-10-22(17-20(23)7-6-9-24(28)29)33(31,32)26-15-12-19(2)13-16-26/h10-11,17,19,21H,3-9,12-16,18H2,1-2H3/t21-/m0/s1. The monoisotopic (exact) mass is 475 g/mol. The van der Waals surface area contributed by atoms with Crippen LogP contribution in [0.2, 0.25) is 0 Å². The van der Waals surface area contributed by atoms with Crippen LogP contribution in [-0.2, 0) is 26.0 Å². The second-order valence-electron chi connectivity index (χ2n) is 9.86. The highest BCUT2D eigenvalue weighted by Gasteiger charge is 2.32. The van der Waals surface area contributed by atoms with Gasteiger partial charge in [0, 0.05) is 37.8 Å². The summed E-state index contributed by atoms with van der Waals surface area (Å²) in [4.78, 5) is 29.9. The lowest BCUT2D eigenvalue weighted by atomic mass is 10.00. The molecule has 8 heteroatoms. The number of piperidine rings is 2. The summed E-state index contributed by atoms with van der Waals surface area (Å²) in [5.41, 5.74) is 1.52. The fraction of sp³-hybridized carbons (Fsp3) is 0.680. The Kier molecular flexibility index (Phi) is 7.43. The molecule has 182 valence electrons. The summed E-state index contributed by atoms with van der Waals surface area (Å²) in [7, 11) is -3.56. The van der Waals surface area contributed by atoms with Gasteiger partial charge in [-0.3, -0.25) is 9.59 Å². The number of aryl methyl sites for hydroxylation is 1. The number of nitrogens with zero attached hydrogens (tertiary/aromatic N) is 3. The topological polar surface area (TPSA) is 78.0 Å². The van der Waals surface area contributed by atoms with Gasteiger partial charge >= 0.3 is 0 Å². The van der Waals surface area contributed by atoms with E-state index in [0.29, 0.717) is 48.9 Å². The lowest BCUT2D eigenvalue weighted by molar-refractivity contribution is -0.134. The number of carbonyl (C=O) groups excluding carboxylic acids is 2. The van der Waals surface area contributed by atoms with Crippen LogP contribution in [0.15, 0.2) is 23.1 Å². The van der Waals surface area contributed by atoms with Gasteiger partial charge in [-0.2, -0.15) is 4.31 Å². The molecule has 3 aliphatic heterocycles. The molecule has 4 rings (SSSR count). The molecule has 0 bridgehead atoms. The van der Waals surface area contributed by atoms with Crippen molar-refractivity contribution in [2.45, 2.75) is 82.6 Å². The molecule has 0 N–H and O–H groups in total. The molecule has 2 amide bonds. The van der Waals surface area contributed by atoms with Gasteiger partial charge in [-0.05, 0) is 81.0 Å². The Balaban J connectivity index is 1.58. The Morgan fingerprint density at radius 3 is 2.52 bits per heavy atom. The molecule has 0 radical (unpaired) electrons. The second kappa shape index (κ2) is 10.1. The molecule has 2 fully saturated rings. The first kappa shape index (κ1) is 24.2. The maximum atomic E-state index is 13.2. The first-order valence-electron chi connectivity index (χ1n) is 12.5. The maximum absolute atomic E-state index is 13.2. The van der Waals surface area contributed by atoms with E-state index in [-0.39, 0.29) is 24.4 Å². The summed E-state index contributed by atoms with van der Waals surface area (Å²) < 4.78 is 28.1. The van der Waals surface area contributed by atoms with Crippen LogP contribution in [0.3, 0.4) is 0 Å². The normalized spacial score (nSPS) is 23.3. The summed E-state index contributed by atoms with van der Waals surface area (Å²) >= 11 is 0. The molecule has 0 spiro atoms. The molecule has 1 aromatic rings. The number of amides is 2. The smallest absolute Gasteiger partial charge is 0.243 e. The highest BCUT2D eigenvalue weighted by molar-refractivity contribution is 7.89. The quantitative estimate of drug-likeness (QED) is 0.652. The van der Waals surface area contributed by atoms with E-state index in [1.165, 1.54) is 0 Å². The minimum Gasteiger partial charge on any atom is -0.338 e. The number of rotatable bonds is 5. The SMILES string of the molecule is CC[C@H]1CCCCN1C(=O)CN1C(=O)CCCc2cc(S(=O)(=O)N3CCC(C)CC3)ccc21. The van der Waals surface area contributed by atoms with Crippen LogP contribution < -0.4 is 4.90 Å². The van der Waals surface area contributed by atoms with E-state index in [1.807, 2.05) is 4.90 Å². The predicted molar refractivity (Wildman–Crippen MR) is 129 cm³/mol. The van der Waals surface area contributed by atoms with Crippen molar-refractivity contribution in [3.8, 4) is 0 Å². The van der Waals surface area contributed by atoms with Crippen molar-refractivity contribution in [1.82, 2.24) is 9.21 Å². The van der Waals surface area contributed by atoms with Crippen LogP contribution in [0.4, 0.5) is 5.69 Å². The molecule has 0 aliphatic carbocycles. The molecule has 2 saturated heterocycles. The van der Waals surface area contributed by atoms with Crippen molar-refractivity contribution in [2.75, 3.05) is 31.1 Å². The van der Waals surface area contributed by atoms with Crippen LogP contribution in [0.25, 0.3) is 0 Å². The van der Waals surface area contributed by atoms with Crippen LogP contribution in [0.1, 0.15) is 70.8 Å². The largest absolute Gasteiger partial charge is 0.338 e. The molecule has 1 aromatic carbocycles. The molecule has 1 atom stereocenters. The van der Waals surface area contributed by atoms with Gasteiger partial charge in [-0.25, -0.2) is 8.42 Å². The van der Waals surface area contributed by atoms with Crippen molar-refractivity contribution in [1.29, 1.82) is 0 Å². The summed E-state index contributed by atoms with van der Waals surface area (Å²) in [5, 5.41) is 0. The lowest BCUT2D eigenvalue weighted by Gasteiger charge is -2.36. The van der Waals surface area contributed by atoms with Crippen molar-refractivity contribution >= 4 is 27.5 Å². The zero-order valence-electron chi connectivity index (χ0n) is 20.0. The van der Waals surface area contributed by atoms with E-state index < -0.39 is 10.0 Å². The summed E-state index contributed by atoms with van der Waals surface area (Å²) in [6.45, 7) is 6.14. The van der Waals surface area contributed by atoms with Gasteiger partial charge in [0.25, 0.3) is 0 Å². The number of likely N-dealkylation sites (tertiary alicyclic amines) is 1. The summed E-state index contributed by atoms with van der Waals surface area (Å²) in [6, 6.07) is 5.32. The van der Waals surface area contributed by atoms with Gasteiger partial charge in [-0.1, -0.05) is 13.8 Å². The molecular weight excluding hydrogens is 438 g/mol. The van der Waals surface area contributed by atoms with Gasteiger partial charge in [0.1, 0.15) is 6.54 Å². The van der Waals surface area contributed by atoms with E-state index in [0.717, 1.165) is 50.6 Å². The Hall–Kier alpha value is -1.93. The van der Waals surface area contributed by atoms with E-state index >= 15 is 0 Å². The van der Waals surface area contributed by atoms with Crippen molar-refractivity contribution in [3.05, 3.63) is 23.8 Å². The zero-order valence-corrected chi connectivity index (χ0v) is 20.8. The Morgan fingerprint density at radius 2 is 1.79 bits per heavy atom. The number of fused-ring (bicyclic) bond motifs is 1. The minimum atomic E-state index is -3.56. The second-order valence-corrected chi connectivity index (χ2v) is 11.8. The average Bonchev–Trinajstić information content (AvgIpc) is 2.97. The number of anilines is 1. The zero-order chi connectivity index (χ0) is 23.6. The molecule has 33 heavy (non-hydrogen) atoms. The van der Waals surface area contributed by atoms with Gasteiger partial charge in [0.05, 0.1) is 4.90 Å². The van der Waals surface area contributed by atoms with E-state index in [1.54, 1.807) is 27.4 Å². The van der Waals surface area contributed by atoms with Crippen molar-refractivity contribution in [3.63, 3.8) is 0 Å². The average molecular weight is 476 g/mol. The predicted octanol–water partition coefficient (Wildman–Crippen LogP) is 3.57. The highest BCUT2D eigenvalue weighted by Crippen LogP contribution is 2.32. The summed E-state index contributed by atoms with van der Waals surface area (Å²) in [6.07, 6.45) is 7.50. The van der Waals surface area contributed by atoms with Gasteiger partial charge in [-0.15, -0.1) is 0 Å². The number of hydrogen-bond acceptors (Lipinski definition) is 4. The molecule has 0 unspecified atom stereocenters. The lowest BCUT2D eigenvalue weighted by Crippen LogP contribution is -2.49. The summed E-state index contributed by atoms with van der Waals surface area (Å²) in [5.74, 6) is 0.475. The molecule has 0 saturated carbocycles. The van der Waals surface area contributed by atoms with Gasteiger partial charge in [0.2, 0.25) is 21.8 Å². The first-order valence-corrected chi connectivity index (χ1v) is 14.0. The fourth-order valence-electron chi connectivity index (χ4n) is 5.41. The first-order chi connectivity index (χ1) is 15.8. The molecule has 0 aromatic heterocycles. The third-order valence-corrected chi connectivity index (χ3v) is 9.47. The molecular formula is C25H37N3O4S. The van der Waals surface area contributed by atoms with Crippen molar-refractivity contribution in [2.24, 2.45) is 5.92 Å². The van der Waals surface area contributed by atoms with Crippen LogP contribution >= 0.6 is 0 Å². The number of carbonyl (C=O) groups is 2. The number of benzene rings is 1. The Morgan fingerprint density at radius 1 is 1.03 bits per heavy atom. The number of sulfonamides is 1. The van der Waals surface area contributed by atoms with Gasteiger partial charge < -0.3 is 9.80 Å². The Labute approximate surface area is 198 Å². The van der Waals surface area contributed by atoms with Crippen molar-refractivity contribution < 1.29 is 18.0 Å². The van der Waals surface area contributed by atoms with Crippen LogP contribution in [0, 0.1) is 5.92 Å². The Bertz CT molecular complexity index is 985. The molecule has 3 aliphatic rings. The third kappa shape index (κ3) is 5.11. The van der Waals surface area contributed by atoms with E-state index in [2.05, 4.69) is 13.8 Å². The number of hydrogen-bond donors (Lipinski definition) is 0.